The Morgan fingerprint density at radius 2 is 1.84 bits per heavy atom. The monoisotopic (exact) mass is 457 g/mol. The Bertz CT molecular complexity index is 1170. The summed E-state index contributed by atoms with van der Waals surface area (Å²) in [6.45, 7) is 3.12. The maximum Gasteiger partial charge on any atom is 0.243 e. The van der Waals surface area contributed by atoms with Crippen LogP contribution in [-0.2, 0) is 21.4 Å². The van der Waals surface area contributed by atoms with E-state index in [1.807, 2.05) is 0 Å². The zero-order valence-corrected chi connectivity index (χ0v) is 18.4. The van der Waals surface area contributed by atoms with Crippen LogP contribution in [0.15, 0.2) is 52.4 Å². The summed E-state index contributed by atoms with van der Waals surface area (Å²) in [5.74, 6) is -2.11. The number of carbonyl (C=O) groups excluding carboxylic acids is 2. The highest BCUT2D eigenvalue weighted by molar-refractivity contribution is 7.89. The predicted molar refractivity (Wildman–Crippen MR) is 118 cm³/mol. The molecule has 0 aliphatic carbocycles. The van der Waals surface area contributed by atoms with Gasteiger partial charge in [0.05, 0.1) is 10.6 Å². The molecule has 7 nitrogen and oxygen atoms in total. The highest BCUT2D eigenvalue weighted by Crippen LogP contribution is 2.31. The summed E-state index contributed by atoms with van der Waals surface area (Å²) in [6, 6.07) is 9.93. The summed E-state index contributed by atoms with van der Waals surface area (Å²) in [5, 5.41) is 2.65. The van der Waals surface area contributed by atoms with Crippen LogP contribution in [0.4, 0.5) is 10.1 Å². The lowest BCUT2D eigenvalue weighted by atomic mass is 9.94. The molecule has 2 aliphatic heterocycles. The van der Waals surface area contributed by atoms with E-state index in [4.69, 9.17) is 0 Å². The molecular weight excluding hydrogens is 433 g/mol. The first-order valence-electron chi connectivity index (χ1n) is 10.5. The van der Waals surface area contributed by atoms with E-state index in [1.165, 1.54) is 40.9 Å². The van der Waals surface area contributed by atoms with Crippen LogP contribution < -0.4 is 5.32 Å². The van der Waals surface area contributed by atoms with E-state index in [0.717, 1.165) is 12.8 Å². The number of halogens is 1. The van der Waals surface area contributed by atoms with Gasteiger partial charge in [-0.15, -0.1) is 0 Å². The van der Waals surface area contributed by atoms with E-state index in [1.54, 1.807) is 12.1 Å². The van der Waals surface area contributed by atoms with Crippen molar-refractivity contribution in [2.24, 2.45) is 16.8 Å². The molecule has 0 aromatic heterocycles. The van der Waals surface area contributed by atoms with Crippen LogP contribution in [0.2, 0.25) is 0 Å². The molecule has 1 atom stereocenters. The lowest BCUT2D eigenvalue weighted by molar-refractivity contribution is -0.122. The molecule has 0 radical (unpaired) electrons. The number of rotatable bonds is 5. The van der Waals surface area contributed by atoms with E-state index in [9.17, 15) is 22.4 Å². The number of carbonyl (C=O) groups is 2. The molecule has 168 valence electrons. The Balaban J connectivity index is 1.50. The van der Waals surface area contributed by atoms with Gasteiger partial charge in [0.15, 0.2) is 5.78 Å². The number of amides is 1. The van der Waals surface area contributed by atoms with Crippen LogP contribution >= 0.6 is 0 Å². The van der Waals surface area contributed by atoms with Gasteiger partial charge in [-0.25, -0.2) is 12.8 Å². The van der Waals surface area contributed by atoms with Gasteiger partial charge in [0.25, 0.3) is 0 Å². The molecule has 2 heterocycles. The first-order chi connectivity index (χ1) is 15.3. The van der Waals surface area contributed by atoms with E-state index >= 15 is 0 Å². The van der Waals surface area contributed by atoms with Crippen LogP contribution in [0.25, 0.3) is 0 Å². The summed E-state index contributed by atoms with van der Waals surface area (Å²) >= 11 is 0. The van der Waals surface area contributed by atoms with Gasteiger partial charge in [-0.05, 0) is 54.7 Å². The van der Waals surface area contributed by atoms with Gasteiger partial charge >= 0.3 is 0 Å². The predicted octanol–water partition coefficient (Wildman–Crippen LogP) is 3.08. The summed E-state index contributed by atoms with van der Waals surface area (Å²) < 4.78 is 40.6. The zero-order valence-electron chi connectivity index (χ0n) is 17.6. The van der Waals surface area contributed by atoms with Gasteiger partial charge in [-0.3, -0.25) is 14.6 Å². The average molecular weight is 458 g/mol. The summed E-state index contributed by atoms with van der Waals surface area (Å²) in [6.07, 6.45) is 2.86. The molecule has 0 bridgehead atoms. The number of sulfonamides is 1. The molecule has 2 aliphatic rings. The quantitative estimate of drug-likeness (QED) is 0.698. The van der Waals surface area contributed by atoms with E-state index in [-0.39, 0.29) is 22.8 Å². The van der Waals surface area contributed by atoms with Crippen molar-refractivity contribution in [1.29, 1.82) is 0 Å². The zero-order chi connectivity index (χ0) is 22.9. The number of fused-ring (bicyclic) bond motifs is 1. The third kappa shape index (κ3) is 4.49. The first-order valence-corrected chi connectivity index (χ1v) is 11.9. The Hall–Kier alpha value is -2.91. The van der Waals surface area contributed by atoms with Gasteiger partial charge in [0.2, 0.25) is 15.9 Å². The van der Waals surface area contributed by atoms with Crippen molar-refractivity contribution in [1.82, 2.24) is 9.62 Å². The average Bonchev–Trinajstić information content (AvgIpc) is 2.79. The van der Waals surface area contributed by atoms with Crippen molar-refractivity contribution >= 4 is 33.6 Å². The number of hydrogen-bond donors (Lipinski definition) is 1. The number of piperidine rings is 1. The molecule has 9 heteroatoms. The smallest absolute Gasteiger partial charge is 0.243 e. The summed E-state index contributed by atoms with van der Waals surface area (Å²) in [7, 11) is -3.73. The van der Waals surface area contributed by atoms with Crippen LogP contribution in [-0.4, -0.2) is 43.7 Å². The second-order valence-electron chi connectivity index (χ2n) is 8.23. The highest BCUT2D eigenvalue weighted by Gasteiger charge is 2.33. The molecule has 4 rings (SSSR count). The SMILES string of the molecule is CC1CCN(S(=O)(=O)c2ccc3c(c2)C(=O)C(C(=O)NCc2ccc(F)cc2)C=N3)CC1. The molecule has 1 amide bonds. The van der Waals surface area contributed by atoms with Crippen LogP contribution in [0.5, 0.6) is 0 Å². The molecule has 1 N–H and O–H groups in total. The first kappa shape index (κ1) is 22.3. The number of hydrogen-bond acceptors (Lipinski definition) is 5. The molecule has 2 aromatic carbocycles. The van der Waals surface area contributed by atoms with Gasteiger partial charge in [-0.2, -0.15) is 4.31 Å². The highest BCUT2D eigenvalue weighted by atomic mass is 32.2. The van der Waals surface area contributed by atoms with Crippen molar-refractivity contribution in [2.75, 3.05) is 13.1 Å². The Labute approximate surface area is 186 Å². The Kier molecular flexibility index (Phi) is 6.21. The largest absolute Gasteiger partial charge is 0.351 e. The minimum atomic E-state index is -3.73. The van der Waals surface area contributed by atoms with E-state index in [0.29, 0.717) is 30.3 Å². The summed E-state index contributed by atoms with van der Waals surface area (Å²) in [4.78, 5) is 29.8. The van der Waals surface area contributed by atoms with Gasteiger partial charge in [0.1, 0.15) is 11.7 Å². The fourth-order valence-electron chi connectivity index (χ4n) is 3.84. The Morgan fingerprint density at radius 3 is 2.53 bits per heavy atom. The van der Waals surface area contributed by atoms with Crippen molar-refractivity contribution in [3.8, 4) is 0 Å². The third-order valence-corrected chi connectivity index (χ3v) is 7.82. The molecule has 2 aromatic rings. The molecule has 32 heavy (non-hydrogen) atoms. The van der Waals surface area contributed by atoms with E-state index in [2.05, 4.69) is 17.2 Å². The van der Waals surface area contributed by atoms with Gasteiger partial charge in [-0.1, -0.05) is 19.1 Å². The van der Waals surface area contributed by atoms with E-state index < -0.39 is 27.6 Å². The minimum absolute atomic E-state index is 0.0294. The number of nitrogens with one attached hydrogen (secondary N) is 1. The molecule has 0 spiro atoms. The second-order valence-corrected chi connectivity index (χ2v) is 10.2. The molecule has 0 saturated carbocycles. The fraction of sp³-hybridized carbons (Fsp3) is 0.348. The third-order valence-electron chi connectivity index (χ3n) is 5.92. The van der Waals surface area contributed by atoms with Gasteiger partial charge < -0.3 is 5.32 Å². The lowest BCUT2D eigenvalue weighted by Crippen LogP contribution is -2.38. The van der Waals surface area contributed by atoms with Crippen LogP contribution in [0.1, 0.15) is 35.7 Å². The summed E-state index contributed by atoms with van der Waals surface area (Å²) in [5.41, 5.74) is 1.13. The molecule has 1 fully saturated rings. The number of ketones is 1. The van der Waals surface area contributed by atoms with Crippen LogP contribution in [0.3, 0.4) is 0 Å². The van der Waals surface area contributed by atoms with Gasteiger partial charge in [0, 0.05) is 31.4 Å². The number of benzene rings is 2. The Morgan fingerprint density at radius 1 is 1.16 bits per heavy atom. The molecule has 1 saturated heterocycles. The topological polar surface area (TPSA) is 95.9 Å². The molecular formula is C23H24FN3O4S. The number of Topliss-reactive ketones (excluding diaryl/α,β-unsaturated/α-hetero) is 1. The van der Waals surface area contributed by atoms with Crippen molar-refractivity contribution in [2.45, 2.75) is 31.2 Å². The molecule has 1 unspecified atom stereocenters. The lowest BCUT2D eigenvalue weighted by Gasteiger charge is -2.29. The number of aliphatic imine (C=N–C) groups is 1. The fourth-order valence-corrected chi connectivity index (χ4v) is 5.33. The van der Waals surface area contributed by atoms with Crippen molar-refractivity contribution < 1.29 is 22.4 Å². The maximum atomic E-state index is 13.1. The van der Waals surface area contributed by atoms with Crippen molar-refractivity contribution in [3.05, 3.63) is 59.4 Å². The normalized spacial score (nSPS) is 19.6. The second kappa shape index (κ2) is 8.91. The van der Waals surface area contributed by atoms with Crippen molar-refractivity contribution in [3.63, 3.8) is 0 Å². The van der Waals surface area contributed by atoms with Crippen LogP contribution in [0, 0.1) is 17.7 Å². The maximum absolute atomic E-state index is 13.1. The number of nitrogens with zero attached hydrogens (tertiary/aromatic N) is 2. The minimum Gasteiger partial charge on any atom is -0.351 e. The standard InChI is InChI=1S/C23H24FN3O4S/c1-15-8-10-27(11-9-15)32(30,31)18-6-7-21-19(12-18)22(28)20(14-25-21)23(29)26-13-16-2-4-17(24)5-3-16/h2-7,12,14-15,20H,8-11,13H2,1H3,(H,26,29).